The number of pyridine rings is 1. The van der Waals surface area contributed by atoms with Gasteiger partial charge in [0.25, 0.3) is 0 Å². The van der Waals surface area contributed by atoms with Gasteiger partial charge in [-0.2, -0.15) is 0 Å². The Hall–Kier alpha value is -2.15. The molecule has 1 fully saturated rings. The maximum Gasteiger partial charge on any atom is 0.327 e. The Morgan fingerprint density at radius 2 is 2.12 bits per heavy atom. The first kappa shape index (κ1) is 17.7. The van der Waals surface area contributed by atoms with Crippen LogP contribution in [0.4, 0.5) is 16.2 Å². The minimum absolute atomic E-state index is 0.249. The summed E-state index contributed by atoms with van der Waals surface area (Å²) in [5.74, 6) is 0. The Labute approximate surface area is 152 Å². The molecular weight excluding hydrogens is 340 g/mol. The highest BCUT2D eigenvalue weighted by molar-refractivity contribution is 6.31. The van der Waals surface area contributed by atoms with Crippen LogP contribution in [0, 0.1) is 0 Å². The molecule has 3 rings (SSSR count). The van der Waals surface area contributed by atoms with Crippen molar-refractivity contribution in [3.8, 4) is 0 Å². The van der Waals surface area contributed by atoms with Crippen LogP contribution in [0.15, 0.2) is 48.8 Å². The molecule has 1 saturated heterocycles. The van der Waals surface area contributed by atoms with Crippen LogP contribution in [0.1, 0.15) is 12.8 Å². The first-order valence-electron chi connectivity index (χ1n) is 8.26. The lowest BCUT2D eigenvalue weighted by molar-refractivity contribution is 0.0835. The molecule has 0 unspecified atom stereocenters. The molecule has 7 heteroatoms. The molecule has 132 valence electrons. The number of likely N-dealkylation sites (tertiary alicyclic amines) is 1. The monoisotopic (exact) mass is 360 g/mol. The van der Waals surface area contributed by atoms with E-state index in [9.17, 15) is 9.90 Å². The van der Waals surface area contributed by atoms with Gasteiger partial charge >= 0.3 is 6.03 Å². The zero-order valence-electron chi connectivity index (χ0n) is 13.8. The Kier molecular flexibility index (Phi) is 5.86. The third-order valence-corrected chi connectivity index (χ3v) is 4.41. The largest absolute Gasteiger partial charge is 0.393 e. The van der Waals surface area contributed by atoms with Gasteiger partial charge in [-0.15, -0.1) is 0 Å². The van der Waals surface area contributed by atoms with Crippen molar-refractivity contribution in [2.24, 2.45) is 0 Å². The lowest BCUT2D eigenvalue weighted by Gasteiger charge is -2.34. The van der Waals surface area contributed by atoms with E-state index >= 15 is 0 Å². The number of halogens is 1. The molecule has 1 aromatic heterocycles. The van der Waals surface area contributed by atoms with Crippen LogP contribution in [0.25, 0.3) is 0 Å². The zero-order chi connectivity index (χ0) is 17.6. The predicted octanol–water partition coefficient (Wildman–Crippen LogP) is 3.19. The van der Waals surface area contributed by atoms with Gasteiger partial charge in [0.15, 0.2) is 0 Å². The molecule has 2 aromatic rings. The second-order valence-corrected chi connectivity index (χ2v) is 6.51. The molecular formula is C18H21ClN4O2. The number of nitrogens with zero attached hydrogens (tertiary/aromatic N) is 3. The number of piperidine rings is 1. The van der Waals surface area contributed by atoms with Gasteiger partial charge in [0, 0.05) is 30.0 Å². The summed E-state index contributed by atoms with van der Waals surface area (Å²) in [6, 6.07) is 10.5. The normalized spacial score (nSPS) is 15.8. The maximum absolute atomic E-state index is 12.8. The van der Waals surface area contributed by atoms with E-state index in [-0.39, 0.29) is 12.1 Å². The second-order valence-electron chi connectivity index (χ2n) is 6.07. The van der Waals surface area contributed by atoms with Gasteiger partial charge in [-0.05, 0) is 43.2 Å². The fourth-order valence-corrected chi connectivity index (χ4v) is 2.98. The smallest absolute Gasteiger partial charge is 0.327 e. The van der Waals surface area contributed by atoms with E-state index < -0.39 is 0 Å². The van der Waals surface area contributed by atoms with Crippen molar-refractivity contribution in [1.29, 1.82) is 0 Å². The molecule has 0 spiro atoms. The summed E-state index contributed by atoms with van der Waals surface area (Å²) in [7, 11) is 0. The molecule has 1 aliphatic rings. The quantitative estimate of drug-likeness (QED) is 0.878. The summed E-state index contributed by atoms with van der Waals surface area (Å²) < 4.78 is 0. The van der Waals surface area contributed by atoms with Gasteiger partial charge < -0.3 is 10.4 Å². The minimum Gasteiger partial charge on any atom is -0.393 e. The van der Waals surface area contributed by atoms with E-state index in [1.165, 1.54) is 0 Å². The van der Waals surface area contributed by atoms with Crippen LogP contribution in [-0.2, 0) is 0 Å². The van der Waals surface area contributed by atoms with Gasteiger partial charge in [-0.3, -0.25) is 14.8 Å². The fourth-order valence-electron chi connectivity index (χ4n) is 2.80. The predicted molar refractivity (Wildman–Crippen MR) is 98.9 cm³/mol. The highest BCUT2D eigenvalue weighted by atomic mass is 35.5. The lowest BCUT2D eigenvalue weighted by Crippen LogP contribution is -2.47. The molecule has 2 N–H and O–H groups in total. The van der Waals surface area contributed by atoms with Crippen LogP contribution in [0.3, 0.4) is 0 Å². The summed E-state index contributed by atoms with van der Waals surface area (Å²) in [5.41, 5.74) is 1.36. The molecule has 0 bridgehead atoms. The average Bonchev–Trinajstić information content (AvgIpc) is 2.62. The molecule has 1 aromatic carbocycles. The maximum atomic E-state index is 12.8. The van der Waals surface area contributed by atoms with Crippen LogP contribution in [0.5, 0.6) is 0 Å². The summed E-state index contributed by atoms with van der Waals surface area (Å²) in [4.78, 5) is 20.6. The Morgan fingerprint density at radius 3 is 2.80 bits per heavy atom. The molecule has 0 saturated carbocycles. The summed E-state index contributed by atoms with van der Waals surface area (Å²) >= 11 is 6.10. The number of aliphatic hydroxyl groups excluding tert-OH is 1. The van der Waals surface area contributed by atoms with Crippen molar-refractivity contribution in [3.05, 3.63) is 53.8 Å². The van der Waals surface area contributed by atoms with Gasteiger partial charge in [0.1, 0.15) is 0 Å². The van der Waals surface area contributed by atoms with Gasteiger partial charge in [-0.25, -0.2) is 4.79 Å². The van der Waals surface area contributed by atoms with Crippen LogP contribution in [-0.4, -0.2) is 46.9 Å². The number of carbonyl (C=O) groups is 1. The minimum atomic E-state index is -0.250. The molecule has 0 radical (unpaired) electrons. The summed E-state index contributed by atoms with van der Waals surface area (Å²) in [6.45, 7) is 1.93. The van der Waals surface area contributed by atoms with Gasteiger partial charge in [0.2, 0.25) is 0 Å². The third kappa shape index (κ3) is 4.92. The second kappa shape index (κ2) is 8.29. The van der Waals surface area contributed by atoms with Crippen molar-refractivity contribution in [3.63, 3.8) is 0 Å². The summed E-state index contributed by atoms with van der Waals surface area (Å²) in [6.07, 6.45) is 4.44. The molecule has 25 heavy (non-hydrogen) atoms. The Balaban J connectivity index is 1.77. The summed E-state index contributed by atoms with van der Waals surface area (Å²) in [5, 5.41) is 13.1. The number of benzene rings is 1. The molecule has 2 amide bonds. The number of rotatable bonds is 4. The number of anilines is 2. The van der Waals surface area contributed by atoms with E-state index in [0.29, 0.717) is 30.2 Å². The number of hydrogen-bond acceptors (Lipinski definition) is 4. The van der Waals surface area contributed by atoms with E-state index in [4.69, 9.17) is 11.6 Å². The van der Waals surface area contributed by atoms with Crippen molar-refractivity contribution >= 4 is 29.0 Å². The van der Waals surface area contributed by atoms with E-state index in [0.717, 1.165) is 18.8 Å². The molecule has 1 aliphatic heterocycles. The zero-order valence-corrected chi connectivity index (χ0v) is 14.6. The van der Waals surface area contributed by atoms with Gasteiger partial charge in [-0.1, -0.05) is 17.7 Å². The van der Waals surface area contributed by atoms with Crippen LogP contribution < -0.4 is 10.2 Å². The Bertz CT molecular complexity index is 705. The van der Waals surface area contributed by atoms with Crippen molar-refractivity contribution in [1.82, 2.24) is 9.88 Å². The lowest BCUT2D eigenvalue weighted by atomic mass is 10.1. The molecule has 0 aliphatic carbocycles. The highest BCUT2D eigenvalue weighted by Gasteiger charge is 2.23. The average molecular weight is 361 g/mol. The van der Waals surface area contributed by atoms with E-state index in [1.807, 2.05) is 12.1 Å². The number of carbonyl (C=O) groups excluding carboxylic acids is 1. The van der Waals surface area contributed by atoms with Crippen molar-refractivity contribution in [2.75, 3.05) is 30.0 Å². The SMILES string of the molecule is O=C(Nc1cccnc1)N(CN1CCC(O)CC1)c1cccc(Cl)c1. The van der Waals surface area contributed by atoms with Crippen molar-refractivity contribution in [2.45, 2.75) is 18.9 Å². The molecule has 2 heterocycles. The molecule has 0 atom stereocenters. The fraction of sp³-hybridized carbons (Fsp3) is 0.333. The van der Waals surface area contributed by atoms with E-state index in [2.05, 4.69) is 15.2 Å². The first-order chi connectivity index (χ1) is 12.1. The number of aliphatic hydroxyl groups is 1. The van der Waals surface area contributed by atoms with Crippen LogP contribution >= 0.6 is 11.6 Å². The number of amides is 2. The Morgan fingerprint density at radius 1 is 1.32 bits per heavy atom. The third-order valence-electron chi connectivity index (χ3n) is 4.18. The standard InChI is InChI=1S/C18H21ClN4O2/c19-14-3-1-5-16(11-14)23(13-22-9-6-17(24)7-10-22)18(25)21-15-4-2-8-20-12-15/h1-5,8,11-12,17,24H,6-7,9-10,13H2,(H,21,25). The molecule has 6 nitrogen and oxygen atoms in total. The number of aromatic nitrogens is 1. The van der Waals surface area contributed by atoms with Crippen LogP contribution in [0.2, 0.25) is 5.02 Å². The van der Waals surface area contributed by atoms with E-state index in [1.54, 1.807) is 41.6 Å². The number of nitrogens with one attached hydrogen (secondary N) is 1. The first-order valence-corrected chi connectivity index (χ1v) is 8.64. The number of hydrogen-bond donors (Lipinski definition) is 2. The highest BCUT2D eigenvalue weighted by Crippen LogP contribution is 2.22. The van der Waals surface area contributed by atoms with Gasteiger partial charge in [0.05, 0.1) is 24.7 Å². The topological polar surface area (TPSA) is 68.7 Å². The van der Waals surface area contributed by atoms with Crippen molar-refractivity contribution < 1.29 is 9.90 Å². The number of urea groups is 1.